The lowest BCUT2D eigenvalue weighted by atomic mass is 10.2. The topological polar surface area (TPSA) is 80.3 Å². The van der Waals surface area contributed by atoms with E-state index < -0.39 is 19.9 Å². The number of nitrogens with one attached hydrogen (secondary N) is 1. The Bertz CT molecular complexity index is 920. The minimum absolute atomic E-state index is 0.0335. The lowest BCUT2D eigenvalue weighted by molar-refractivity contribution is 0.581. The van der Waals surface area contributed by atoms with Gasteiger partial charge in [-0.3, -0.25) is 0 Å². The van der Waals surface area contributed by atoms with Crippen LogP contribution in [0, 0.1) is 6.92 Å². The van der Waals surface area contributed by atoms with Crippen molar-refractivity contribution >= 4 is 31.5 Å². The smallest absolute Gasteiger partial charge is 0.224 e. The molecule has 5 nitrogen and oxygen atoms in total. The van der Waals surface area contributed by atoms with Crippen molar-refractivity contribution in [1.29, 1.82) is 0 Å². The van der Waals surface area contributed by atoms with Crippen molar-refractivity contribution < 1.29 is 16.8 Å². The first-order valence-corrected chi connectivity index (χ1v) is 10.4. The zero-order valence-corrected chi connectivity index (χ0v) is 15.0. The Labute approximate surface area is 141 Å². The standard InChI is InChI=1S/C15H16ClNO4S2/c1-11-3-5-12(6-4-11)10-17-23(20,21)15-9-13(22(2,18)19)7-8-14(15)16/h3-9,17H,10H2,1-2H3. The highest BCUT2D eigenvalue weighted by atomic mass is 35.5. The summed E-state index contributed by atoms with van der Waals surface area (Å²) in [5, 5.41) is -0.0335. The lowest BCUT2D eigenvalue weighted by Crippen LogP contribution is -2.23. The SMILES string of the molecule is Cc1ccc(CNS(=O)(=O)c2cc(S(C)(=O)=O)ccc2Cl)cc1. The lowest BCUT2D eigenvalue weighted by Gasteiger charge is -2.10. The third-order valence-electron chi connectivity index (χ3n) is 3.21. The minimum atomic E-state index is -3.93. The Balaban J connectivity index is 2.30. The molecule has 1 N–H and O–H groups in total. The molecule has 2 aromatic carbocycles. The second kappa shape index (κ2) is 6.60. The van der Waals surface area contributed by atoms with Gasteiger partial charge < -0.3 is 0 Å². The summed E-state index contributed by atoms with van der Waals surface area (Å²) < 4.78 is 50.3. The molecule has 2 aromatic rings. The molecule has 0 bridgehead atoms. The maximum Gasteiger partial charge on any atom is 0.242 e. The van der Waals surface area contributed by atoms with E-state index in [2.05, 4.69) is 4.72 Å². The molecule has 0 aliphatic rings. The molecule has 0 radical (unpaired) electrons. The van der Waals surface area contributed by atoms with E-state index in [0.717, 1.165) is 23.4 Å². The summed E-state index contributed by atoms with van der Waals surface area (Å²) in [4.78, 5) is -0.355. The molecular weight excluding hydrogens is 358 g/mol. The molecule has 2 rings (SSSR count). The third-order valence-corrected chi connectivity index (χ3v) is 6.20. The minimum Gasteiger partial charge on any atom is -0.224 e. The van der Waals surface area contributed by atoms with Gasteiger partial charge in [-0.05, 0) is 30.7 Å². The van der Waals surface area contributed by atoms with Crippen molar-refractivity contribution in [2.45, 2.75) is 23.3 Å². The van der Waals surface area contributed by atoms with E-state index in [1.807, 2.05) is 31.2 Å². The normalized spacial score (nSPS) is 12.3. The van der Waals surface area contributed by atoms with Crippen LogP contribution in [0.5, 0.6) is 0 Å². The van der Waals surface area contributed by atoms with Gasteiger partial charge in [-0.25, -0.2) is 21.6 Å². The molecule has 0 aromatic heterocycles. The Hall–Kier alpha value is -1.41. The Morgan fingerprint density at radius 1 is 1.00 bits per heavy atom. The fourth-order valence-corrected chi connectivity index (χ4v) is 4.15. The molecule has 0 aliphatic heterocycles. The van der Waals surface area contributed by atoms with Crippen LogP contribution in [-0.4, -0.2) is 23.1 Å². The van der Waals surface area contributed by atoms with Gasteiger partial charge in [-0.15, -0.1) is 0 Å². The van der Waals surface area contributed by atoms with Crippen LogP contribution in [0.4, 0.5) is 0 Å². The van der Waals surface area contributed by atoms with Gasteiger partial charge in [0.1, 0.15) is 4.90 Å². The van der Waals surface area contributed by atoms with E-state index >= 15 is 0 Å². The van der Waals surface area contributed by atoms with Gasteiger partial charge in [-0.1, -0.05) is 41.4 Å². The fourth-order valence-electron chi connectivity index (χ4n) is 1.88. The Morgan fingerprint density at radius 3 is 2.17 bits per heavy atom. The highest BCUT2D eigenvalue weighted by molar-refractivity contribution is 7.91. The predicted octanol–water partition coefficient (Wildman–Crippen LogP) is 2.53. The molecule has 0 unspecified atom stereocenters. The molecule has 0 aliphatic carbocycles. The summed E-state index contributed by atoms with van der Waals surface area (Å²) in [5.74, 6) is 0. The Morgan fingerprint density at radius 2 is 1.61 bits per heavy atom. The number of hydrogen-bond donors (Lipinski definition) is 1. The third kappa shape index (κ3) is 4.54. The van der Waals surface area contributed by atoms with E-state index in [4.69, 9.17) is 11.6 Å². The van der Waals surface area contributed by atoms with Crippen molar-refractivity contribution in [2.75, 3.05) is 6.26 Å². The number of hydrogen-bond acceptors (Lipinski definition) is 4. The first kappa shape index (κ1) is 17.9. The van der Waals surface area contributed by atoms with Gasteiger partial charge in [0.15, 0.2) is 9.84 Å². The molecule has 0 heterocycles. The number of aryl methyl sites for hydroxylation is 1. The second-order valence-electron chi connectivity index (χ2n) is 5.17. The predicted molar refractivity (Wildman–Crippen MR) is 89.8 cm³/mol. The highest BCUT2D eigenvalue weighted by Crippen LogP contribution is 2.25. The summed E-state index contributed by atoms with van der Waals surface area (Å²) in [5.41, 5.74) is 1.86. The van der Waals surface area contributed by atoms with E-state index in [9.17, 15) is 16.8 Å². The van der Waals surface area contributed by atoms with E-state index in [0.29, 0.717) is 0 Å². The molecule has 0 spiro atoms. The number of benzene rings is 2. The van der Waals surface area contributed by atoms with Gasteiger partial charge >= 0.3 is 0 Å². The second-order valence-corrected chi connectivity index (χ2v) is 9.33. The number of sulfone groups is 1. The van der Waals surface area contributed by atoms with Gasteiger partial charge in [0.05, 0.1) is 9.92 Å². The molecule has 0 saturated carbocycles. The fraction of sp³-hybridized carbons (Fsp3) is 0.200. The summed E-state index contributed by atoms with van der Waals surface area (Å²) >= 11 is 5.92. The molecule has 0 atom stereocenters. The molecule has 0 amide bonds. The van der Waals surface area contributed by atoms with Gasteiger partial charge in [0.25, 0.3) is 0 Å². The van der Waals surface area contributed by atoms with Crippen LogP contribution < -0.4 is 4.72 Å². The van der Waals surface area contributed by atoms with Crippen molar-refractivity contribution in [3.63, 3.8) is 0 Å². The first-order valence-electron chi connectivity index (χ1n) is 6.64. The van der Waals surface area contributed by atoms with Crippen LogP contribution in [0.2, 0.25) is 5.02 Å². The van der Waals surface area contributed by atoms with E-state index in [1.54, 1.807) is 0 Å². The van der Waals surface area contributed by atoms with E-state index in [1.165, 1.54) is 12.1 Å². The zero-order valence-electron chi connectivity index (χ0n) is 12.6. The highest BCUT2D eigenvalue weighted by Gasteiger charge is 2.20. The number of halogens is 1. The monoisotopic (exact) mass is 373 g/mol. The van der Waals surface area contributed by atoms with E-state index in [-0.39, 0.29) is 21.4 Å². The van der Waals surface area contributed by atoms with Crippen molar-refractivity contribution in [3.05, 3.63) is 58.6 Å². The molecule has 0 fully saturated rings. The van der Waals surface area contributed by atoms with Gasteiger partial charge in [0.2, 0.25) is 10.0 Å². The van der Waals surface area contributed by atoms with Crippen LogP contribution >= 0.6 is 11.6 Å². The summed E-state index contributed by atoms with van der Waals surface area (Å²) in [6, 6.07) is 11.0. The van der Waals surface area contributed by atoms with Crippen LogP contribution in [0.3, 0.4) is 0 Å². The van der Waals surface area contributed by atoms with Crippen LogP contribution in [0.1, 0.15) is 11.1 Å². The van der Waals surface area contributed by atoms with Gasteiger partial charge in [0, 0.05) is 12.8 Å². The van der Waals surface area contributed by atoms with Gasteiger partial charge in [-0.2, -0.15) is 0 Å². The summed E-state index contributed by atoms with van der Waals surface area (Å²) in [6.07, 6.45) is 1.01. The average Bonchev–Trinajstić information content (AvgIpc) is 2.46. The Kier molecular flexibility index (Phi) is 5.15. The molecule has 0 saturated heterocycles. The largest absolute Gasteiger partial charge is 0.242 e. The molecule has 8 heteroatoms. The van der Waals surface area contributed by atoms with Crippen LogP contribution in [0.15, 0.2) is 52.3 Å². The maximum atomic E-state index is 12.4. The molecule has 23 heavy (non-hydrogen) atoms. The van der Waals surface area contributed by atoms with Crippen molar-refractivity contribution in [2.24, 2.45) is 0 Å². The molecular formula is C15H16ClNO4S2. The van der Waals surface area contributed by atoms with Crippen molar-refractivity contribution in [3.8, 4) is 0 Å². The number of sulfonamides is 1. The molecule has 124 valence electrons. The maximum absolute atomic E-state index is 12.4. The van der Waals surface area contributed by atoms with Crippen LogP contribution in [-0.2, 0) is 26.4 Å². The summed E-state index contributed by atoms with van der Waals surface area (Å²) in [6.45, 7) is 2.02. The quantitative estimate of drug-likeness (QED) is 0.873. The van der Waals surface area contributed by atoms with Crippen LogP contribution in [0.25, 0.3) is 0 Å². The average molecular weight is 374 g/mol. The zero-order chi connectivity index (χ0) is 17.3. The summed E-state index contributed by atoms with van der Waals surface area (Å²) in [7, 11) is -7.45. The van der Waals surface area contributed by atoms with Crippen molar-refractivity contribution in [1.82, 2.24) is 4.72 Å². The number of rotatable bonds is 5. The first-order chi connectivity index (χ1) is 10.6.